The molecule has 10 heteroatoms. The minimum absolute atomic E-state index is 0.110. The molecule has 0 atom stereocenters. The molecule has 0 saturated heterocycles. The van der Waals surface area contributed by atoms with Crippen molar-refractivity contribution in [2.45, 2.75) is 4.90 Å². The van der Waals surface area contributed by atoms with E-state index in [2.05, 4.69) is 15.0 Å². The van der Waals surface area contributed by atoms with Crippen LogP contribution in [0.4, 0.5) is 15.8 Å². The van der Waals surface area contributed by atoms with Gasteiger partial charge in [-0.1, -0.05) is 18.2 Å². The maximum atomic E-state index is 13.8. The quantitative estimate of drug-likeness (QED) is 0.422. The number of nitrogens with one attached hydrogen (secondary N) is 2. The van der Waals surface area contributed by atoms with Crippen molar-refractivity contribution in [3.05, 3.63) is 82.2 Å². The van der Waals surface area contributed by atoms with E-state index in [1.165, 1.54) is 59.1 Å². The highest BCUT2D eigenvalue weighted by Gasteiger charge is 2.18. The van der Waals surface area contributed by atoms with Gasteiger partial charge in [-0.15, -0.1) is 11.3 Å². The normalized spacial score (nSPS) is 11.2. The number of para-hydroxylation sites is 1. The Balaban J connectivity index is 1.52. The van der Waals surface area contributed by atoms with E-state index >= 15 is 0 Å². The number of rotatable bonds is 6. The number of anilines is 2. The number of amides is 1. The van der Waals surface area contributed by atoms with E-state index in [1.807, 2.05) is 16.8 Å². The Bertz CT molecular complexity index is 1300. The molecule has 30 heavy (non-hydrogen) atoms. The molecule has 0 unspecified atom stereocenters. The minimum Gasteiger partial charge on any atom is -0.321 e. The molecule has 4 rings (SSSR count). The number of carbonyl (C=O) groups excluding carboxylic acids is 1. The molecule has 2 N–H and O–H groups in total. The van der Waals surface area contributed by atoms with E-state index in [-0.39, 0.29) is 22.0 Å². The van der Waals surface area contributed by atoms with Crippen molar-refractivity contribution in [1.29, 1.82) is 0 Å². The molecule has 0 radical (unpaired) electrons. The Morgan fingerprint density at radius 3 is 2.63 bits per heavy atom. The molecule has 4 aromatic rings. The molecule has 0 bridgehead atoms. The van der Waals surface area contributed by atoms with Gasteiger partial charge in [-0.25, -0.2) is 17.8 Å². The van der Waals surface area contributed by atoms with Crippen LogP contribution in [0.15, 0.2) is 75.6 Å². The maximum Gasteiger partial charge on any atom is 0.275 e. The summed E-state index contributed by atoms with van der Waals surface area (Å²) in [6.07, 6.45) is 0. The lowest BCUT2D eigenvalue weighted by atomic mass is 10.3. The topological polar surface area (TPSA) is 88.2 Å². The first kappa shape index (κ1) is 20.2. The number of halogens is 1. The van der Waals surface area contributed by atoms with E-state index in [0.29, 0.717) is 0 Å². The van der Waals surface area contributed by atoms with Crippen LogP contribution in [0.1, 0.15) is 10.5 Å². The highest BCUT2D eigenvalue weighted by Crippen LogP contribution is 2.26. The zero-order valence-electron chi connectivity index (χ0n) is 15.2. The largest absolute Gasteiger partial charge is 0.321 e. The molecule has 2 aromatic heterocycles. The van der Waals surface area contributed by atoms with Gasteiger partial charge in [-0.3, -0.25) is 9.52 Å². The smallest absolute Gasteiger partial charge is 0.275 e. The summed E-state index contributed by atoms with van der Waals surface area (Å²) in [5, 5.41) is 8.89. The fourth-order valence-electron chi connectivity index (χ4n) is 2.58. The SMILES string of the molecule is O=C(Nc1cccc(S(=O)(=O)Nc2ccccc2F)c1)c1csc(-c2ccsc2)n1. The average Bonchev–Trinajstić information content (AvgIpc) is 3.42. The second-order valence-electron chi connectivity index (χ2n) is 6.12. The van der Waals surface area contributed by atoms with Crippen LogP contribution < -0.4 is 10.0 Å². The summed E-state index contributed by atoms with van der Waals surface area (Å²) in [4.78, 5) is 16.7. The zero-order valence-corrected chi connectivity index (χ0v) is 17.7. The summed E-state index contributed by atoms with van der Waals surface area (Å²) in [5.74, 6) is -1.14. The Morgan fingerprint density at radius 1 is 1.03 bits per heavy atom. The Hall–Kier alpha value is -3.08. The lowest BCUT2D eigenvalue weighted by Gasteiger charge is -2.10. The first-order chi connectivity index (χ1) is 14.4. The third kappa shape index (κ3) is 4.40. The summed E-state index contributed by atoms with van der Waals surface area (Å²) in [6.45, 7) is 0. The molecular formula is C20H14FN3O3S3. The molecule has 152 valence electrons. The van der Waals surface area contributed by atoms with E-state index < -0.39 is 21.7 Å². The number of sulfonamides is 1. The number of benzene rings is 2. The van der Waals surface area contributed by atoms with E-state index in [9.17, 15) is 17.6 Å². The molecule has 1 amide bonds. The minimum atomic E-state index is -4.04. The molecule has 2 aromatic carbocycles. The monoisotopic (exact) mass is 459 g/mol. The fourth-order valence-corrected chi connectivity index (χ4v) is 5.21. The molecule has 6 nitrogen and oxygen atoms in total. The van der Waals surface area contributed by atoms with Gasteiger partial charge < -0.3 is 5.32 Å². The van der Waals surface area contributed by atoms with Gasteiger partial charge in [-0.05, 0) is 41.8 Å². The van der Waals surface area contributed by atoms with Crippen LogP contribution in [0.3, 0.4) is 0 Å². The second kappa shape index (κ2) is 8.34. The highest BCUT2D eigenvalue weighted by molar-refractivity contribution is 7.92. The van der Waals surface area contributed by atoms with Crippen LogP contribution in [-0.2, 0) is 10.0 Å². The number of thiazole rings is 1. The predicted octanol–water partition coefficient (Wildman–Crippen LogP) is 5.06. The molecule has 0 aliphatic rings. The lowest BCUT2D eigenvalue weighted by molar-refractivity contribution is 0.102. The van der Waals surface area contributed by atoms with Crippen LogP contribution in [0.25, 0.3) is 10.6 Å². The number of thiophene rings is 1. The first-order valence-corrected chi connectivity index (χ1v) is 11.9. The zero-order chi connectivity index (χ0) is 21.1. The van der Waals surface area contributed by atoms with Crippen molar-refractivity contribution >= 4 is 50.0 Å². The van der Waals surface area contributed by atoms with Gasteiger partial charge in [-0.2, -0.15) is 11.3 Å². The van der Waals surface area contributed by atoms with Crippen LogP contribution >= 0.6 is 22.7 Å². The number of carbonyl (C=O) groups is 1. The van der Waals surface area contributed by atoms with Crippen molar-refractivity contribution in [3.8, 4) is 10.6 Å². The molecule has 0 aliphatic carbocycles. The molecule has 0 fully saturated rings. The van der Waals surface area contributed by atoms with Gasteiger partial charge in [0.1, 0.15) is 16.5 Å². The average molecular weight is 460 g/mol. The van der Waals surface area contributed by atoms with Crippen molar-refractivity contribution < 1.29 is 17.6 Å². The Morgan fingerprint density at radius 2 is 1.87 bits per heavy atom. The van der Waals surface area contributed by atoms with Crippen molar-refractivity contribution in [2.24, 2.45) is 0 Å². The van der Waals surface area contributed by atoms with Gasteiger partial charge in [0.15, 0.2) is 0 Å². The van der Waals surface area contributed by atoms with Crippen molar-refractivity contribution in [2.75, 3.05) is 10.0 Å². The standard InChI is InChI=1S/C20H14FN3O3S3/c21-16-6-1-2-7-17(16)24-30(26,27)15-5-3-4-14(10-15)22-19(25)18-12-29-20(23-18)13-8-9-28-11-13/h1-12,24H,(H,22,25). The van der Waals surface area contributed by atoms with Crippen LogP contribution in [0.2, 0.25) is 0 Å². The summed E-state index contributed by atoms with van der Waals surface area (Å²) >= 11 is 2.89. The van der Waals surface area contributed by atoms with E-state index in [1.54, 1.807) is 11.4 Å². The van der Waals surface area contributed by atoms with Crippen LogP contribution in [0, 0.1) is 5.82 Å². The van der Waals surface area contributed by atoms with Gasteiger partial charge >= 0.3 is 0 Å². The second-order valence-corrected chi connectivity index (χ2v) is 9.44. The number of hydrogen-bond donors (Lipinski definition) is 2. The van der Waals surface area contributed by atoms with Gasteiger partial charge in [0.25, 0.3) is 15.9 Å². The highest BCUT2D eigenvalue weighted by atomic mass is 32.2. The Kier molecular flexibility index (Phi) is 5.62. The van der Waals surface area contributed by atoms with Gasteiger partial charge in [0.05, 0.1) is 10.6 Å². The summed E-state index contributed by atoms with van der Waals surface area (Å²) in [5.41, 5.74) is 1.30. The predicted molar refractivity (Wildman–Crippen MR) is 117 cm³/mol. The lowest BCUT2D eigenvalue weighted by Crippen LogP contribution is -2.15. The first-order valence-electron chi connectivity index (χ1n) is 8.59. The van der Waals surface area contributed by atoms with Gasteiger partial charge in [0.2, 0.25) is 0 Å². The van der Waals surface area contributed by atoms with Crippen molar-refractivity contribution in [3.63, 3.8) is 0 Å². The molecule has 0 spiro atoms. The van der Waals surface area contributed by atoms with Crippen LogP contribution in [0.5, 0.6) is 0 Å². The maximum absolute atomic E-state index is 13.8. The van der Waals surface area contributed by atoms with E-state index in [0.717, 1.165) is 16.6 Å². The molecular weight excluding hydrogens is 445 g/mol. The number of aromatic nitrogens is 1. The van der Waals surface area contributed by atoms with Crippen molar-refractivity contribution in [1.82, 2.24) is 4.98 Å². The van der Waals surface area contributed by atoms with E-state index in [4.69, 9.17) is 0 Å². The number of hydrogen-bond acceptors (Lipinski definition) is 6. The Labute approximate surface area is 180 Å². The summed E-state index contributed by atoms with van der Waals surface area (Å²) < 4.78 is 41.2. The summed E-state index contributed by atoms with van der Waals surface area (Å²) in [7, 11) is -4.04. The molecule has 0 saturated carbocycles. The van der Waals surface area contributed by atoms with Crippen LogP contribution in [-0.4, -0.2) is 19.3 Å². The third-order valence-electron chi connectivity index (χ3n) is 4.03. The molecule has 0 aliphatic heterocycles. The third-order valence-corrected chi connectivity index (χ3v) is 6.96. The number of nitrogens with zero attached hydrogens (tertiary/aromatic N) is 1. The fraction of sp³-hybridized carbons (Fsp3) is 0. The summed E-state index contributed by atoms with van der Waals surface area (Å²) in [6, 6.07) is 13.1. The van der Waals surface area contributed by atoms with Gasteiger partial charge in [0, 0.05) is 22.0 Å². The molecule has 2 heterocycles.